The Hall–Kier alpha value is -4.58. The molecular formula is C32H32N2O4. The van der Waals surface area contributed by atoms with Crippen LogP contribution in [0.2, 0.25) is 0 Å². The zero-order chi connectivity index (χ0) is 27.6. The lowest BCUT2D eigenvalue weighted by Crippen LogP contribution is -2.19. The van der Waals surface area contributed by atoms with E-state index in [0.717, 1.165) is 33.4 Å². The highest BCUT2D eigenvalue weighted by molar-refractivity contribution is 6.17. The van der Waals surface area contributed by atoms with Gasteiger partial charge in [-0.15, -0.1) is 0 Å². The molecule has 0 aliphatic carbocycles. The minimum absolute atomic E-state index is 0.218. The van der Waals surface area contributed by atoms with Crippen molar-refractivity contribution in [2.45, 2.75) is 41.5 Å². The van der Waals surface area contributed by atoms with Gasteiger partial charge in [-0.3, -0.25) is 19.4 Å². The predicted octanol–water partition coefficient (Wildman–Crippen LogP) is 6.98. The average molecular weight is 509 g/mol. The summed E-state index contributed by atoms with van der Waals surface area (Å²) in [4.78, 5) is 39.0. The second-order valence-corrected chi connectivity index (χ2v) is 9.48. The van der Waals surface area contributed by atoms with Gasteiger partial charge in [0.1, 0.15) is 0 Å². The molecule has 0 saturated heterocycles. The van der Waals surface area contributed by atoms with Gasteiger partial charge in [0.2, 0.25) is 0 Å². The van der Waals surface area contributed by atoms with E-state index in [0.29, 0.717) is 28.3 Å². The number of benzene rings is 4. The molecule has 0 aliphatic rings. The molecule has 0 atom stereocenters. The molecule has 0 radical (unpaired) electrons. The molecule has 1 amide bonds. The summed E-state index contributed by atoms with van der Waals surface area (Å²) in [6, 6.07) is 19.5. The van der Waals surface area contributed by atoms with Crippen molar-refractivity contribution in [3.05, 3.63) is 117 Å². The Kier molecular flexibility index (Phi) is 7.53. The van der Waals surface area contributed by atoms with E-state index in [2.05, 4.69) is 5.32 Å². The van der Waals surface area contributed by atoms with Crippen LogP contribution in [0.15, 0.2) is 66.7 Å². The highest BCUT2D eigenvalue weighted by atomic mass is 17.2. The van der Waals surface area contributed by atoms with Crippen LogP contribution in [0.3, 0.4) is 0 Å². The van der Waals surface area contributed by atoms with Gasteiger partial charge in [0.05, 0.1) is 11.3 Å². The number of carbonyl (C=O) groups excluding carboxylic acids is 2. The third kappa shape index (κ3) is 4.98. The number of nitrogens with one attached hydrogen (secondary N) is 1. The van der Waals surface area contributed by atoms with E-state index in [1.807, 2.05) is 53.7 Å². The Morgan fingerprint density at radius 3 is 1.82 bits per heavy atom. The van der Waals surface area contributed by atoms with Crippen molar-refractivity contribution in [3.8, 4) is 11.5 Å². The van der Waals surface area contributed by atoms with Crippen LogP contribution >= 0.6 is 0 Å². The number of hydrogen-bond donors (Lipinski definition) is 2. The van der Waals surface area contributed by atoms with E-state index in [1.54, 1.807) is 54.6 Å². The lowest BCUT2D eigenvalue weighted by atomic mass is 9.91. The molecule has 4 aromatic carbocycles. The zero-order valence-electron chi connectivity index (χ0n) is 22.6. The standard InChI is InChI=1S/C32H32N2O4/c1-18-20(3)26(33)17-27(21(18)4)37-38-31-23(6)19(2)22(5)29(34-32(36)25-15-11-8-12-16-25)28(31)30(35)24-13-9-7-10-14-24/h7-17H,33H2,1-6H3,(H,34,36). The number of ketones is 1. The Morgan fingerprint density at radius 1 is 0.658 bits per heavy atom. The molecule has 0 saturated carbocycles. The van der Waals surface area contributed by atoms with Crippen LogP contribution in [0.1, 0.15) is 59.7 Å². The average Bonchev–Trinajstić information content (AvgIpc) is 2.94. The number of rotatable bonds is 7. The molecule has 0 heterocycles. The molecule has 3 N–H and O–H groups in total. The maximum atomic E-state index is 13.9. The number of nitrogen functional groups attached to an aromatic ring is 1. The molecule has 0 bridgehead atoms. The lowest BCUT2D eigenvalue weighted by Gasteiger charge is -2.22. The van der Waals surface area contributed by atoms with Crippen LogP contribution in [0.4, 0.5) is 11.4 Å². The minimum Gasteiger partial charge on any atom is -0.398 e. The van der Waals surface area contributed by atoms with E-state index in [9.17, 15) is 9.59 Å². The van der Waals surface area contributed by atoms with Crippen molar-refractivity contribution in [2.24, 2.45) is 0 Å². The van der Waals surface area contributed by atoms with E-state index in [1.165, 1.54) is 0 Å². The molecule has 38 heavy (non-hydrogen) atoms. The van der Waals surface area contributed by atoms with Gasteiger partial charge in [0.25, 0.3) is 5.91 Å². The summed E-state index contributed by atoms with van der Waals surface area (Å²) in [5.74, 6) is 0.0662. The first-order valence-electron chi connectivity index (χ1n) is 12.4. The fraction of sp³-hybridized carbons (Fsp3) is 0.188. The molecule has 0 aliphatic heterocycles. The number of nitrogens with two attached hydrogens (primary N) is 1. The molecule has 0 unspecified atom stereocenters. The quantitative estimate of drug-likeness (QED) is 0.122. The van der Waals surface area contributed by atoms with E-state index >= 15 is 0 Å². The van der Waals surface area contributed by atoms with Crippen molar-refractivity contribution < 1.29 is 19.4 Å². The first-order chi connectivity index (χ1) is 18.1. The zero-order valence-corrected chi connectivity index (χ0v) is 22.6. The molecule has 194 valence electrons. The Bertz CT molecular complexity index is 1530. The van der Waals surface area contributed by atoms with Crippen molar-refractivity contribution in [1.82, 2.24) is 0 Å². The molecular weight excluding hydrogens is 476 g/mol. The van der Waals surface area contributed by atoms with E-state index in [-0.39, 0.29) is 23.0 Å². The van der Waals surface area contributed by atoms with Crippen LogP contribution < -0.4 is 20.8 Å². The minimum atomic E-state index is -0.330. The van der Waals surface area contributed by atoms with Crippen molar-refractivity contribution in [3.63, 3.8) is 0 Å². The molecule has 4 aromatic rings. The third-order valence-electron chi connectivity index (χ3n) is 7.28. The summed E-state index contributed by atoms with van der Waals surface area (Å²) in [5.41, 5.74) is 13.5. The third-order valence-corrected chi connectivity index (χ3v) is 7.28. The van der Waals surface area contributed by atoms with Crippen molar-refractivity contribution >= 4 is 23.1 Å². The van der Waals surface area contributed by atoms with Gasteiger partial charge < -0.3 is 11.1 Å². The van der Waals surface area contributed by atoms with Gasteiger partial charge >= 0.3 is 0 Å². The number of carbonyl (C=O) groups is 2. The van der Waals surface area contributed by atoms with E-state index < -0.39 is 0 Å². The van der Waals surface area contributed by atoms with Gasteiger partial charge in [-0.05, 0) is 81.5 Å². The summed E-state index contributed by atoms with van der Waals surface area (Å²) in [6.45, 7) is 11.5. The second kappa shape index (κ2) is 10.8. The van der Waals surface area contributed by atoms with Crippen LogP contribution in [0, 0.1) is 41.5 Å². The molecule has 0 aromatic heterocycles. The fourth-order valence-electron chi connectivity index (χ4n) is 4.33. The second-order valence-electron chi connectivity index (χ2n) is 9.48. The Labute approximate surface area is 223 Å². The Morgan fingerprint density at radius 2 is 1.21 bits per heavy atom. The van der Waals surface area contributed by atoms with Crippen molar-refractivity contribution in [2.75, 3.05) is 11.1 Å². The topological polar surface area (TPSA) is 90.7 Å². The maximum absolute atomic E-state index is 13.9. The fourth-order valence-corrected chi connectivity index (χ4v) is 4.33. The molecule has 0 fully saturated rings. The molecule has 6 heteroatoms. The number of anilines is 2. The summed E-state index contributed by atoms with van der Waals surface area (Å²) in [5, 5.41) is 2.97. The summed E-state index contributed by atoms with van der Waals surface area (Å²) < 4.78 is 0. The monoisotopic (exact) mass is 508 g/mol. The molecule has 6 nitrogen and oxygen atoms in total. The van der Waals surface area contributed by atoms with Crippen LogP contribution in [0.5, 0.6) is 11.5 Å². The van der Waals surface area contributed by atoms with Crippen LogP contribution in [0.25, 0.3) is 0 Å². The van der Waals surface area contributed by atoms with Gasteiger partial charge in [-0.2, -0.15) is 0 Å². The van der Waals surface area contributed by atoms with Gasteiger partial charge in [-0.25, -0.2) is 0 Å². The maximum Gasteiger partial charge on any atom is 0.255 e. The Balaban J connectivity index is 1.87. The summed E-state index contributed by atoms with van der Waals surface area (Å²) in [7, 11) is 0. The molecule has 0 spiro atoms. The first-order valence-corrected chi connectivity index (χ1v) is 12.4. The van der Waals surface area contributed by atoms with Gasteiger partial charge in [-0.1, -0.05) is 48.5 Å². The highest BCUT2D eigenvalue weighted by Gasteiger charge is 2.28. The van der Waals surface area contributed by atoms with Crippen molar-refractivity contribution in [1.29, 1.82) is 0 Å². The van der Waals surface area contributed by atoms with E-state index in [4.69, 9.17) is 15.5 Å². The predicted molar refractivity (Wildman–Crippen MR) is 151 cm³/mol. The van der Waals surface area contributed by atoms with Crippen LogP contribution in [-0.2, 0) is 0 Å². The van der Waals surface area contributed by atoms with Crippen LogP contribution in [-0.4, -0.2) is 11.7 Å². The van der Waals surface area contributed by atoms with Gasteiger partial charge in [0.15, 0.2) is 17.3 Å². The number of amides is 1. The first kappa shape index (κ1) is 26.5. The SMILES string of the molecule is Cc1c(N)cc(OOc2c(C)c(C)c(C)c(NC(=O)c3ccccc3)c2C(=O)c2ccccc2)c(C)c1C. The largest absolute Gasteiger partial charge is 0.398 e. The highest BCUT2D eigenvalue weighted by Crippen LogP contribution is 2.39. The smallest absolute Gasteiger partial charge is 0.255 e. The summed E-state index contributed by atoms with van der Waals surface area (Å²) in [6.07, 6.45) is 0. The lowest BCUT2D eigenvalue weighted by molar-refractivity contribution is -0.101. The number of hydrogen-bond acceptors (Lipinski definition) is 5. The summed E-state index contributed by atoms with van der Waals surface area (Å²) >= 11 is 0. The normalized spacial score (nSPS) is 10.7. The van der Waals surface area contributed by atoms with Gasteiger partial charge in [0, 0.05) is 28.4 Å². The molecule has 4 rings (SSSR count).